The van der Waals surface area contributed by atoms with Crippen molar-refractivity contribution in [2.24, 2.45) is 11.3 Å². The van der Waals surface area contributed by atoms with E-state index in [2.05, 4.69) is 21.9 Å². The smallest absolute Gasteiger partial charge is 0.137 e. The van der Waals surface area contributed by atoms with Crippen molar-refractivity contribution in [1.82, 2.24) is 14.8 Å². The molecule has 0 fully saturated rings. The molecule has 1 N–H and O–H groups in total. The maximum atomic E-state index is 10.8. The molecular weight excluding hydrogens is 226 g/mol. The summed E-state index contributed by atoms with van der Waals surface area (Å²) in [5.41, 5.74) is -1.19. The lowest BCUT2D eigenvalue weighted by atomic mass is 9.74. The zero-order chi connectivity index (χ0) is 13.8. The van der Waals surface area contributed by atoms with E-state index in [-0.39, 0.29) is 5.41 Å². The van der Waals surface area contributed by atoms with E-state index in [0.29, 0.717) is 18.9 Å². The van der Waals surface area contributed by atoms with Crippen LogP contribution in [0.3, 0.4) is 0 Å². The van der Waals surface area contributed by atoms with Gasteiger partial charge in [-0.15, -0.1) is 5.92 Å². The van der Waals surface area contributed by atoms with Crippen LogP contribution in [-0.2, 0) is 6.54 Å². The SMILES string of the molecule is CC(C)C#CCC(O)(Cn1cncn1)C(C)(C)C. The van der Waals surface area contributed by atoms with Crippen LogP contribution in [0.1, 0.15) is 41.0 Å². The van der Waals surface area contributed by atoms with Gasteiger partial charge >= 0.3 is 0 Å². The quantitative estimate of drug-likeness (QED) is 0.835. The summed E-state index contributed by atoms with van der Waals surface area (Å²) in [4.78, 5) is 3.90. The molecule has 1 aromatic rings. The van der Waals surface area contributed by atoms with E-state index in [0.717, 1.165) is 0 Å². The molecule has 0 saturated carbocycles. The third-order valence-corrected chi connectivity index (χ3v) is 3.06. The molecule has 1 aromatic heterocycles. The average Bonchev–Trinajstić information content (AvgIpc) is 2.67. The van der Waals surface area contributed by atoms with Crippen molar-refractivity contribution in [3.8, 4) is 11.8 Å². The van der Waals surface area contributed by atoms with Crippen LogP contribution in [0.15, 0.2) is 12.7 Å². The van der Waals surface area contributed by atoms with Gasteiger partial charge in [-0.1, -0.05) is 40.5 Å². The monoisotopic (exact) mass is 249 g/mol. The fourth-order valence-corrected chi connectivity index (χ4v) is 1.54. The fraction of sp³-hybridized carbons (Fsp3) is 0.714. The molecule has 0 spiro atoms. The predicted octanol–water partition coefficient (Wildman–Crippen LogP) is 2.10. The Morgan fingerprint density at radius 1 is 1.33 bits per heavy atom. The van der Waals surface area contributed by atoms with Crippen LogP contribution in [-0.4, -0.2) is 25.5 Å². The summed E-state index contributed by atoms with van der Waals surface area (Å²) < 4.78 is 1.66. The normalized spacial score (nSPS) is 15.1. The summed E-state index contributed by atoms with van der Waals surface area (Å²) in [7, 11) is 0. The minimum Gasteiger partial charge on any atom is -0.386 e. The Morgan fingerprint density at radius 3 is 2.44 bits per heavy atom. The molecule has 18 heavy (non-hydrogen) atoms. The van der Waals surface area contributed by atoms with Crippen molar-refractivity contribution < 1.29 is 5.11 Å². The second-order valence-electron chi connectivity index (χ2n) is 6.03. The molecule has 1 atom stereocenters. The summed E-state index contributed by atoms with van der Waals surface area (Å²) in [6.45, 7) is 10.5. The van der Waals surface area contributed by atoms with Gasteiger partial charge in [0.1, 0.15) is 12.7 Å². The highest BCUT2D eigenvalue weighted by atomic mass is 16.3. The molecule has 4 heteroatoms. The predicted molar refractivity (Wildman–Crippen MR) is 71.7 cm³/mol. The Hall–Kier alpha value is -1.34. The molecular formula is C14H23N3O. The van der Waals surface area contributed by atoms with Crippen LogP contribution < -0.4 is 0 Å². The maximum Gasteiger partial charge on any atom is 0.137 e. The van der Waals surface area contributed by atoms with Gasteiger partial charge < -0.3 is 5.11 Å². The number of hydrogen-bond acceptors (Lipinski definition) is 3. The lowest BCUT2D eigenvalue weighted by Gasteiger charge is -2.38. The Labute approximate surface area is 109 Å². The second-order valence-corrected chi connectivity index (χ2v) is 6.03. The summed E-state index contributed by atoms with van der Waals surface area (Å²) >= 11 is 0. The average molecular weight is 249 g/mol. The highest BCUT2D eigenvalue weighted by Crippen LogP contribution is 2.34. The Balaban J connectivity index is 2.87. The third kappa shape index (κ3) is 3.85. The van der Waals surface area contributed by atoms with Crippen molar-refractivity contribution in [3.63, 3.8) is 0 Å². The van der Waals surface area contributed by atoms with Crippen LogP contribution in [0, 0.1) is 23.2 Å². The van der Waals surface area contributed by atoms with Crippen LogP contribution in [0.5, 0.6) is 0 Å². The topological polar surface area (TPSA) is 50.9 Å². The first-order valence-corrected chi connectivity index (χ1v) is 6.28. The molecule has 0 amide bonds. The summed E-state index contributed by atoms with van der Waals surface area (Å²) in [5.74, 6) is 6.50. The lowest BCUT2D eigenvalue weighted by Crippen LogP contribution is -2.46. The van der Waals surface area contributed by atoms with Crippen molar-refractivity contribution in [1.29, 1.82) is 0 Å². The molecule has 1 heterocycles. The van der Waals surface area contributed by atoms with Crippen LogP contribution in [0.2, 0.25) is 0 Å². The maximum absolute atomic E-state index is 10.8. The van der Waals surface area contributed by atoms with E-state index in [1.54, 1.807) is 11.0 Å². The number of nitrogens with zero attached hydrogens (tertiary/aromatic N) is 3. The minimum atomic E-state index is -0.914. The molecule has 0 aliphatic heterocycles. The molecule has 0 aromatic carbocycles. The van der Waals surface area contributed by atoms with Crippen LogP contribution in [0.4, 0.5) is 0 Å². The van der Waals surface area contributed by atoms with Crippen LogP contribution in [0.25, 0.3) is 0 Å². The largest absolute Gasteiger partial charge is 0.386 e. The first kappa shape index (κ1) is 14.7. The van der Waals surface area contributed by atoms with Crippen molar-refractivity contribution in [2.75, 3.05) is 0 Å². The fourth-order valence-electron chi connectivity index (χ4n) is 1.54. The molecule has 0 aliphatic rings. The zero-order valence-electron chi connectivity index (χ0n) is 11.9. The second kappa shape index (κ2) is 5.53. The zero-order valence-corrected chi connectivity index (χ0v) is 11.9. The van der Waals surface area contributed by atoms with E-state index >= 15 is 0 Å². The van der Waals surface area contributed by atoms with Gasteiger partial charge in [0.2, 0.25) is 0 Å². The molecule has 1 unspecified atom stereocenters. The van der Waals surface area contributed by atoms with Crippen LogP contribution >= 0.6 is 0 Å². The Morgan fingerprint density at radius 2 is 2.00 bits per heavy atom. The third-order valence-electron chi connectivity index (χ3n) is 3.06. The number of rotatable bonds is 3. The van der Waals surface area contributed by atoms with E-state index < -0.39 is 5.60 Å². The van der Waals surface area contributed by atoms with Gasteiger partial charge in [-0.25, -0.2) is 4.98 Å². The van der Waals surface area contributed by atoms with Gasteiger partial charge in [0, 0.05) is 12.3 Å². The molecule has 4 nitrogen and oxygen atoms in total. The first-order valence-electron chi connectivity index (χ1n) is 6.28. The molecule has 100 valence electrons. The highest BCUT2D eigenvalue weighted by molar-refractivity contribution is 5.08. The summed E-state index contributed by atoms with van der Waals surface area (Å²) in [6.07, 6.45) is 3.53. The number of aliphatic hydroxyl groups is 1. The molecule has 1 rings (SSSR count). The lowest BCUT2D eigenvalue weighted by molar-refractivity contribution is -0.0692. The van der Waals surface area contributed by atoms with Gasteiger partial charge in [0.05, 0.1) is 12.1 Å². The molecule has 0 aliphatic carbocycles. The molecule has 0 radical (unpaired) electrons. The Kier molecular flexibility index (Phi) is 4.53. The number of hydrogen-bond donors (Lipinski definition) is 1. The van der Waals surface area contributed by atoms with Gasteiger partial charge in [-0.3, -0.25) is 4.68 Å². The minimum absolute atomic E-state index is 0.273. The van der Waals surface area contributed by atoms with Gasteiger partial charge in [-0.2, -0.15) is 5.10 Å². The standard InChI is InChI=1S/C14H23N3O/c1-12(2)7-6-8-14(18,13(3,4)5)9-17-11-15-10-16-17/h10-12,18H,8-9H2,1-5H3. The van der Waals surface area contributed by atoms with Gasteiger partial charge in [-0.05, 0) is 5.41 Å². The van der Waals surface area contributed by atoms with E-state index in [4.69, 9.17) is 0 Å². The van der Waals surface area contributed by atoms with E-state index in [1.807, 2.05) is 34.6 Å². The summed E-state index contributed by atoms with van der Waals surface area (Å²) in [6, 6.07) is 0. The number of aromatic nitrogens is 3. The van der Waals surface area contributed by atoms with Gasteiger partial charge in [0.15, 0.2) is 0 Å². The van der Waals surface area contributed by atoms with Crippen molar-refractivity contribution in [2.45, 2.75) is 53.2 Å². The summed E-state index contributed by atoms with van der Waals surface area (Å²) in [5, 5.41) is 14.9. The Bertz CT molecular complexity index is 420. The molecule has 0 saturated heterocycles. The first-order chi connectivity index (χ1) is 8.24. The van der Waals surface area contributed by atoms with Crippen molar-refractivity contribution >= 4 is 0 Å². The highest BCUT2D eigenvalue weighted by Gasteiger charge is 2.40. The van der Waals surface area contributed by atoms with Gasteiger partial charge in [0.25, 0.3) is 0 Å². The van der Waals surface area contributed by atoms with Crippen molar-refractivity contribution in [3.05, 3.63) is 12.7 Å². The molecule has 0 bridgehead atoms. The van der Waals surface area contributed by atoms with E-state index in [1.165, 1.54) is 6.33 Å². The van der Waals surface area contributed by atoms with E-state index in [9.17, 15) is 5.11 Å².